The smallest absolute Gasteiger partial charge is 0.550 e. The molecule has 8 bridgehead atoms. The van der Waals surface area contributed by atoms with E-state index in [1.54, 1.807) is 0 Å². The number of carbonyl (C=O) groups excluding carboxylic acids is 2. The molecule has 0 amide bonds. The van der Waals surface area contributed by atoms with E-state index in [4.69, 9.17) is 19.8 Å². The monoisotopic (exact) mass is 647 g/mol. The molecule has 0 saturated carbocycles. The first-order chi connectivity index (χ1) is 16.1. The van der Waals surface area contributed by atoms with Gasteiger partial charge >= 0.3 is 17.1 Å². The first-order valence-corrected chi connectivity index (χ1v) is 11.3. The summed E-state index contributed by atoms with van der Waals surface area (Å²) in [5.41, 5.74) is 7.78. The van der Waals surface area contributed by atoms with Gasteiger partial charge in [-0.1, -0.05) is 0 Å². The van der Waals surface area contributed by atoms with Crippen molar-refractivity contribution in [1.29, 1.82) is 0 Å². The SMILES string of the molecule is Brn1c2ccc1cc1nc(cc3ccc(cc4nc(c2)C=C4)n3Br)C=C1.CC(=O)[O-].CC(=O)[O-].[Cu+2]. The van der Waals surface area contributed by atoms with Crippen LogP contribution in [0.4, 0.5) is 0 Å². The summed E-state index contributed by atoms with van der Waals surface area (Å²) >= 11 is 7.26. The third-order valence-electron chi connectivity index (χ3n) is 4.31. The van der Waals surface area contributed by atoms with Crippen LogP contribution >= 0.6 is 32.3 Å². The van der Waals surface area contributed by atoms with E-state index in [9.17, 15) is 0 Å². The Hall–Kier alpha value is -2.98. The second kappa shape index (κ2) is 12.6. The van der Waals surface area contributed by atoms with Gasteiger partial charge in [-0.15, -0.1) is 0 Å². The Morgan fingerprint density at radius 3 is 1.03 bits per heavy atom. The maximum absolute atomic E-state index is 8.89. The molecule has 5 heterocycles. The van der Waals surface area contributed by atoms with Crippen molar-refractivity contribution in [3.8, 4) is 0 Å². The van der Waals surface area contributed by atoms with Crippen LogP contribution in [0.15, 0.2) is 48.5 Å². The van der Waals surface area contributed by atoms with Gasteiger partial charge in [-0.25, -0.2) is 9.97 Å². The zero-order chi connectivity index (χ0) is 24.8. The molecule has 3 aromatic heterocycles. The van der Waals surface area contributed by atoms with Crippen molar-refractivity contribution in [1.82, 2.24) is 17.2 Å². The number of halogens is 2. The molecule has 1 radical (unpaired) electrons. The Balaban J connectivity index is 0.000000423. The van der Waals surface area contributed by atoms with Gasteiger partial charge in [0, 0.05) is 11.9 Å². The van der Waals surface area contributed by atoms with Gasteiger partial charge in [0.25, 0.3) is 0 Å². The molecule has 11 heteroatoms. The Labute approximate surface area is 228 Å². The molecule has 2 aliphatic heterocycles. The van der Waals surface area contributed by atoms with Crippen LogP contribution in [0.2, 0.25) is 0 Å². The van der Waals surface area contributed by atoms with E-state index in [1.165, 1.54) is 0 Å². The molecule has 0 N–H and O–H groups in total. The topological polar surface area (TPSA) is 116 Å². The van der Waals surface area contributed by atoms with Gasteiger partial charge in [-0.05, 0) is 86.7 Å². The van der Waals surface area contributed by atoms with Gasteiger partial charge in [0.05, 0.1) is 77.1 Å². The van der Waals surface area contributed by atoms with Gasteiger partial charge < -0.3 is 19.8 Å². The number of aliphatic carboxylic acids is 2. The van der Waals surface area contributed by atoms with Gasteiger partial charge in [-0.2, -0.15) is 0 Å². The number of carboxylic acid groups (broad SMARTS) is 2. The fraction of sp³-hybridized carbons (Fsp3) is 0.0833. The van der Waals surface area contributed by atoms with Crippen molar-refractivity contribution >= 4 is 90.6 Å². The normalized spacial score (nSPS) is 10.9. The van der Waals surface area contributed by atoms with E-state index in [1.807, 2.05) is 55.8 Å². The predicted octanol–water partition coefficient (Wildman–Crippen LogP) is 3.43. The summed E-state index contributed by atoms with van der Waals surface area (Å²) in [6.45, 7) is 1.94. The van der Waals surface area contributed by atoms with Crippen LogP contribution in [-0.2, 0) is 26.7 Å². The molecule has 0 spiro atoms. The number of carboxylic acids is 2. The Kier molecular flexibility index (Phi) is 10.2. The molecule has 0 aliphatic carbocycles. The average molecular weight is 650 g/mol. The third-order valence-corrected chi connectivity index (χ3v) is 5.94. The molecule has 3 aromatic rings. The van der Waals surface area contributed by atoms with Crippen LogP contribution in [0, 0.1) is 0 Å². The average Bonchev–Trinajstić information content (AvgIpc) is 3.51. The molecule has 35 heavy (non-hydrogen) atoms. The van der Waals surface area contributed by atoms with Crippen LogP contribution in [0.5, 0.6) is 0 Å². The maximum Gasteiger partial charge on any atom is 2.00 e. The largest absolute Gasteiger partial charge is 2.00 e. The Bertz CT molecular complexity index is 1270. The molecule has 2 aliphatic rings. The minimum absolute atomic E-state index is 0. The maximum atomic E-state index is 8.89. The molecule has 8 nitrogen and oxygen atoms in total. The molecule has 5 rings (SSSR count). The van der Waals surface area contributed by atoms with Crippen LogP contribution in [0.25, 0.3) is 46.4 Å². The summed E-state index contributed by atoms with van der Waals surface area (Å²) in [4.78, 5) is 27.2. The molecule has 0 unspecified atom stereocenters. The first-order valence-electron chi connectivity index (χ1n) is 9.90. The number of hydrogen-bond donors (Lipinski definition) is 0. The summed E-state index contributed by atoms with van der Waals surface area (Å²) in [7, 11) is 0. The van der Waals surface area contributed by atoms with Crippen LogP contribution in [0.1, 0.15) is 36.6 Å². The number of aromatic nitrogens is 4. The molecule has 0 fully saturated rings. The Morgan fingerprint density at radius 1 is 0.629 bits per heavy atom. The molecule has 183 valence electrons. The van der Waals surface area contributed by atoms with Crippen LogP contribution in [0.3, 0.4) is 0 Å². The van der Waals surface area contributed by atoms with Gasteiger partial charge in [0.1, 0.15) is 0 Å². The molecule has 0 saturated heterocycles. The van der Waals surface area contributed by atoms with Gasteiger partial charge in [0.15, 0.2) is 0 Å². The zero-order valence-corrected chi connectivity index (χ0v) is 22.5. The van der Waals surface area contributed by atoms with Crippen molar-refractivity contribution in [2.24, 2.45) is 0 Å². The van der Waals surface area contributed by atoms with E-state index in [0.717, 1.165) is 58.7 Å². The van der Waals surface area contributed by atoms with Crippen LogP contribution in [-0.4, -0.2) is 29.1 Å². The van der Waals surface area contributed by atoms with Gasteiger partial charge in [0.2, 0.25) is 0 Å². The number of hydrogen-bond acceptors (Lipinski definition) is 6. The van der Waals surface area contributed by atoms with Crippen molar-refractivity contribution in [2.75, 3.05) is 0 Å². The molecular weight excluding hydrogens is 632 g/mol. The van der Waals surface area contributed by atoms with E-state index >= 15 is 0 Å². The molecular formula is C24H18Br2CuN4O4. The molecule has 0 aromatic carbocycles. The van der Waals surface area contributed by atoms with Crippen molar-refractivity contribution < 1.29 is 36.9 Å². The summed E-state index contributed by atoms with van der Waals surface area (Å²) in [5.74, 6) is -2.17. The minimum Gasteiger partial charge on any atom is -0.550 e. The fourth-order valence-electron chi connectivity index (χ4n) is 3.04. The summed E-state index contributed by atoms with van der Waals surface area (Å²) in [6, 6.07) is 16.4. The van der Waals surface area contributed by atoms with Gasteiger partial charge in [-0.3, -0.25) is 7.19 Å². The van der Waals surface area contributed by atoms with E-state index in [-0.39, 0.29) is 17.1 Å². The summed E-state index contributed by atoms with van der Waals surface area (Å²) in [5, 5.41) is 17.8. The van der Waals surface area contributed by atoms with Crippen molar-refractivity contribution in [2.45, 2.75) is 13.8 Å². The fourth-order valence-corrected chi connectivity index (χ4v) is 3.92. The molecule has 0 atom stereocenters. The Morgan fingerprint density at radius 2 is 0.829 bits per heavy atom. The standard InChI is InChI=1S/C20H12Br2N4.2C2H4O2.Cu/c21-25-17-5-6-19(25)11-15-3-4-16(24-15)12-20-8-7-18(26(20)22)10-14-2-1-13(9-17)23-14;2*1-2(3)4;/h1-12H;2*1H3,(H,3,4);/q;;;+2/p-2. The number of nitrogens with zero attached hydrogens (tertiary/aromatic N) is 4. The van der Waals surface area contributed by atoms with Crippen LogP contribution < -0.4 is 10.2 Å². The summed E-state index contributed by atoms with van der Waals surface area (Å²) < 4.78 is 3.92. The predicted molar refractivity (Wildman–Crippen MR) is 136 cm³/mol. The quantitative estimate of drug-likeness (QED) is 0.238. The van der Waals surface area contributed by atoms with Crippen molar-refractivity contribution in [3.63, 3.8) is 0 Å². The van der Waals surface area contributed by atoms with E-state index < -0.39 is 11.9 Å². The second-order valence-corrected chi connectivity index (χ2v) is 8.50. The second-order valence-electron chi connectivity index (χ2n) is 7.08. The van der Waals surface area contributed by atoms with E-state index in [2.05, 4.69) is 66.5 Å². The van der Waals surface area contributed by atoms with Crippen molar-refractivity contribution in [3.05, 3.63) is 71.3 Å². The number of rotatable bonds is 0. The minimum atomic E-state index is -1.08. The van der Waals surface area contributed by atoms with E-state index in [0.29, 0.717) is 0 Å². The first kappa shape index (κ1) is 28.3. The number of carbonyl (C=O) groups is 2. The third kappa shape index (κ3) is 8.03. The zero-order valence-electron chi connectivity index (χ0n) is 18.4. The number of fused-ring (bicyclic) bond motifs is 8. The summed E-state index contributed by atoms with van der Waals surface area (Å²) in [6.07, 6.45) is 8.08.